The highest BCUT2D eigenvalue weighted by atomic mass is 32.2. The van der Waals surface area contributed by atoms with Crippen molar-refractivity contribution >= 4 is 21.5 Å². The van der Waals surface area contributed by atoms with Crippen LogP contribution in [0.15, 0.2) is 41.6 Å². The molecule has 0 saturated heterocycles. The standard InChI is InChI=1S/C17H20N6O2S/c1-22(2)26(24,25)14-6-4-3-5-13(14)11-19-15-17-21-20-16(12-7-8-12)23(17)10-9-18-15/h3-6,9-10,12H,7-8,11H2,1-2H3,(H,18,19). The number of rotatable bonds is 6. The lowest BCUT2D eigenvalue weighted by molar-refractivity contribution is 0.520. The van der Waals surface area contributed by atoms with Crippen LogP contribution < -0.4 is 5.32 Å². The van der Waals surface area contributed by atoms with Gasteiger partial charge in [-0.3, -0.25) is 4.40 Å². The minimum atomic E-state index is -3.51. The van der Waals surface area contributed by atoms with E-state index in [0.29, 0.717) is 29.5 Å². The summed E-state index contributed by atoms with van der Waals surface area (Å²) in [6.07, 6.45) is 5.84. The Hall–Kier alpha value is -2.52. The molecular formula is C17H20N6O2S. The summed E-state index contributed by atoms with van der Waals surface area (Å²) >= 11 is 0. The highest BCUT2D eigenvalue weighted by Gasteiger charge is 2.29. The predicted octanol–water partition coefficient (Wildman–Crippen LogP) is 1.86. The second-order valence-electron chi connectivity index (χ2n) is 6.55. The van der Waals surface area contributed by atoms with E-state index in [1.807, 2.05) is 16.7 Å². The maximum Gasteiger partial charge on any atom is 0.242 e. The molecule has 1 fully saturated rings. The lowest BCUT2D eigenvalue weighted by Crippen LogP contribution is -2.23. The molecule has 4 rings (SSSR count). The van der Waals surface area contributed by atoms with E-state index in [1.165, 1.54) is 18.4 Å². The van der Waals surface area contributed by atoms with Gasteiger partial charge in [0.2, 0.25) is 15.7 Å². The minimum absolute atomic E-state index is 0.282. The van der Waals surface area contributed by atoms with Crippen LogP contribution in [0.25, 0.3) is 5.65 Å². The quantitative estimate of drug-likeness (QED) is 0.710. The van der Waals surface area contributed by atoms with Crippen LogP contribution in [0.4, 0.5) is 5.82 Å². The zero-order chi connectivity index (χ0) is 18.3. The van der Waals surface area contributed by atoms with Gasteiger partial charge in [0.05, 0.1) is 4.90 Å². The molecule has 0 spiro atoms. The number of anilines is 1. The number of benzene rings is 1. The molecule has 26 heavy (non-hydrogen) atoms. The molecule has 0 unspecified atom stereocenters. The average molecular weight is 372 g/mol. The van der Waals surface area contributed by atoms with E-state index in [4.69, 9.17) is 0 Å². The van der Waals surface area contributed by atoms with Gasteiger partial charge in [-0.05, 0) is 24.5 Å². The summed E-state index contributed by atoms with van der Waals surface area (Å²) in [7, 11) is -0.463. The van der Waals surface area contributed by atoms with Crippen LogP contribution in [0, 0.1) is 0 Å². The molecule has 1 N–H and O–H groups in total. The third-order valence-corrected chi connectivity index (χ3v) is 6.39. The normalized spacial score (nSPS) is 14.9. The molecule has 9 heteroatoms. The Balaban J connectivity index is 1.64. The van der Waals surface area contributed by atoms with Crippen LogP contribution in [-0.2, 0) is 16.6 Å². The summed E-state index contributed by atoms with van der Waals surface area (Å²) in [4.78, 5) is 4.63. The van der Waals surface area contributed by atoms with Crippen LogP contribution in [0.3, 0.4) is 0 Å². The van der Waals surface area contributed by atoms with Crippen molar-refractivity contribution in [3.8, 4) is 0 Å². The molecule has 136 valence electrons. The summed E-state index contributed by atoms with van der Waals surface area (Å²) in [6, 6.07) is 6.95. The van der Waals surface area contributed by atoms with E-state index in [0.717, 1.165) is 18.7 Å². The molecule has 0 aliphatic heterocycles. The Morgan fingerprint density at radius 2 is 2.00 bits per heavy atom. The van der Waals surface area contributed by atoms with Crippen molar-refractivity contribution in [2.24, 2.45) is 0 Å². The Morgan fingerprint density at radius 1 is 1.23 bits per heavy atom. The summed E-state index contributed by atoms with van der Waals surface area (Å²) in [5.74, 6) is 2.02. The maximum absolute atomic E-state index is 12.5. The molecule has 3 aromatic rings. The average Bonchev–Trinajstić information content (AvgIpc) is 3.38. The van der Waals surface area contributed by atoms with Gasteiger partial charge in [0.25, 0.3) is 0 Å². The fourth-order valence-electron chi connectivity index (χ4n) is 2.87. The molecular weight excluding hydrogens is 352 g/mol. The van der Waals surface area contributed by atoms with E-state index in [9.17, 15) is 8.42 Å². The Bertz CT molecular complexity index is 1060. The number of hydrogen-bond donors (Lipinski definition) is 1. The van der Waals surface area contributed by atoms with Crippen LogP contribution in [0.1, 0.15) is 30.1 Å². The third kappa shape index (κ3) is 2.93. The Kier molecular flexibility index (Phi) is 4.12. The second-order valence-corrected chi connectivity index (χ2v) is 8.67. The van der Waals surface area contributed by atoms with Gasteiger partial charge in [0.1, 0.15) is 5.82 Å². The number of nitrogens with zero attached hydrogens (tertiary/aromatic N) is 5. The summed E-state index contributed by atoms with van der Waals surface area (Å²) in [5.41, 5.74) is 1.33. The van der Waals surface area contributed by atoms with Crippen molar-refractivity contribution < 1.29 is 8.42 Å². The number of sulfonamides is 1. The molecule has 1 aliphatic rings. The molecule has 8 nitrogen and oxygen atoms in total. The van der Waals surface area contributed by atoms with E-state index >= 15 is 0 Å². The molecule has 0 atom stereocenters. The Labute approximate surface area is 151 Å². The zero-order valence-electron chi connectivity index (χ0n) is 14.6. The van der Waals surface area contributed by atoms with Gasteiger partial charge in [-0.1, -0.05) is 18.2 Å². The number of aromatic nitrogens is 4. The number of nitrogens with one attached hydrogen (secondary N) is 1. The van der Waals surface area contributed by atoms with Gasteiger partial charge < -0.3 is 5.32 Å². The topological polar surface area (TPSA) is 92.5 Å². The molecule has 0 bridgehead atoms. The Morgan fingerprint density at radius 3 is 2.73 bits per heavy atom. The first kappa shape index (κ1) is 16.9. The second kappa shape index (κ2) is 6.33. The minimum Gasteiger partial charge on any atom is -0.363 e. The number of fused-ring (bicyclic) bond motifs is 1. The molecule has 1 saturated carbocycles. The smallest absolute Gasteiger partial charge is 0.242 e. The van der Waals surface area contributed by atoms with Gasteiger partial charge in [-0.2, -0.15) is 0 Å². The van der Waals surface area contributed by atoms with Crippen LogP contribution in [0.2, 0.25) is 0 Å². The predicted molar refractivity (Wildman–Crippen MR) is 97.4 cm³/mol. The van der Waals surface area contributed by atoms with Crippen molar-refractivity contribution in [1.29, 1.82) is 0 Å². The third-order valence-electron chi connectivity index (χ3n) is 4.47. The molecule has 2 heterocycles. The number of hydrogen-bond acceptors (Lipinski definition) is 6. The molecule has 0 amide bonds. The fourth-order valence-corrected chi connectivity index (χ4v) is 3.98. The SMILES string of the molecule is CN(C)S(=O)(=O)c1ccccc1CNc1nccn2c(C3CC3)nnc12. The van der Waals surface area contributed by atoms with E-state index in [-0.39, 0.29) is 4.90 Å². The van der Waals surface area contributed by atoms with Crippen LogP contribution >= 0.6 is 0 Å². The van der Waals surface area contributed by atoms with Gasteiger partial charge >= 0.3 is 0 Å². The van der Waals surface area contributed by atoms with Gasteiger partial charge in [-0.15, -0.1) is 10.2 Å². The lowest BCUT2D eigenvalue weighted by Gasteiger charge is -2.15. The van der Waals surface area contributed by atoms with E-state index < -0.39 is 10.0 Å². The van der Waals surface area contributed by atoms with E-state index in [2.05, 4.69) is 20.5 Å². The van der Waals surface area contributed by atoms with Crippen molar-refractivity contribution in [1.82, 2.24) is 23.9 Å². The highest BCUT2D eigenvalue weighted by Crippen LogP contribution is 2.39. The van der Waals surface area contributed by atoms with Crippen molar-refractivity contribution in [3.05, 3.63) is 48.0 Å². The van der Waals surface area contributed by atoms with Gasteiger partial charge in [0, 0.05) is 39.0 Å². The summed E-state index contributed by atoms with van der Waals surface area (Å²) in [6.45, 7) is 0.321. The maximum atomic E-state index is 12.5. The van der Waals surface area contributed by atoms with Gasteiger partial charge in [-0.25, -0.2) is 17.7 Å². The monoisotopic (exact) mass is 372 g/mol. The first-order chi connectivity index (χ1) is 12.5. The molecule has 0 radical (unpaired) electrons. The summed E-state index contributed by atoms with van der Waals surface area (Å²) < 4.78 is 28.2. The summed E-state index contributed by atoms with van der Waals surface area (Å²) in [5, 5.41) is 11.7. The van der Waals surface area contributed by atoms with Crippen LogP contribution in [0.5, 0.6) is 0 Å². The lowest BCUT2D eigenvalue weighted by atomic mass is 10.2. The van der Waals surface area contributed by atoms with Crippen LogP contribution in [-0.4, -0.2) is 46.4 Å². The largest absolute Gasteiger partial charge is 0.363 e. The van der Waals surface area contributed by atoms with E-state index in [1.54, 1.807) is 24.4 Å². The molecule has 2 aromatic heterocycles. The zero-order valence-corrected chi connectivity index (χ0v) is 15.4. The molecule has 1 aromatic carbocycles. The highest BCUT2D eigenvalue weighted by molar-refractivity contribution is 7.89. The molecule has 1 aliphatic carbocycles. The van der Waals surface area contributed by atoms with Crippen molar-refractivity contribution in [2.75, 3.05) is 19.4 Å². The van der Waals surface area contributed by atoms with Gasteiger partial charge in [0.15, 0.2) is 5.82 Å². The van der Waals surface area contributed by atoms with Crippen molar-refractivity contribution in [2.45, 2.75) is 30.2 Å². The first-order valence-corrected chi connectivity index (χ1v) is 9.86. The fraction of sp³-hybridized carbons (Fsp3) is 0.353. The first-order valence-electron chi connectivity index (χ1n) is 8.42. The van der Waals surface area contributed by atoms with Crippen molar-refractivity contribution in [3.63, 3.8) is 0 Å².